The van der Waals surface area contributed by atoms with Gasteiger partial charge in [0.25, 0.3) is 0 Å². The monoisotopic (exact) mass is 323 g/mol. The molecule has 1 heterocycles. The Morgan fingerprint density at radius 3 is 1.90 bits per heavy atom. The zero-order chi connectivity index (χ0) is 16.9. The maximum Gasteiger partial charge on any atom is 0.558 e. The number of hydrogen-bond donors (Lipinski definition) is 0. The number of nitrogens with zero attached hydrogens (tertiary/aromatic N) is 1. The fourth-order valence-corrected chi connectivity index (χ4v) is 1.24. The minimum atomic E-state index is -7.21. The Labute approximate surface area is 116 Å². The Kier molecular flexibility index (Phi) is 6.63. The molecule has 0 radical (unpaired) electrons. The van der Waals surface area contributed by atoms with Crippen LogP contribution in [0, 0.1) is 6.92 Å². The standard InChI is InChI=1S/C9H14N.C2BF8/c1-3-6-10-7-4-5-9(2)8-10;4-1(5,2(6,7)8)3(9,10)11/h4-5,7-8H,3,6H2,1-2H3;/q+1;-1. The van der Waals surface area contributed by atoms with E-state index >= 15 is 0 Å². The maximum absolute atomic E-state index is 11.2. The number of alkyl halides is 5. The molecule has 0 atom stereocenters. The molecule has 0 aromatic carbocycles. The van der Waals surface area contributed by atoms with Gasteiger partial charge in [0, 0.05) is 18.1 Å². The predicted molar refractivity (Wildman–Crippen MR) is 61.7 cm³/mol. The first-order valence-corrected chi connectivity index (χ1v) is 5.92. The molecule has 1 aromatic heterocycles. The average Bonchev–Trinajstić information content (AvgIpc) is 2.27. The molecule has 0 aliphatic heterocycles. The van der Waals surface area contributed by atoms with Crippen molar-refractivity contribution in [1.29, 1.82) is 0 Å². The predicted octanol–water partition coefficient (Wildman–Crippen LogP) is 4.26. The molecule has 10 heteroatoms. The van der Waals surface area contributed by atoms with Crippen molar-refractivity contribution in [3.63, 3.8) is 0 Å². The van der Waals surface area contributed by atoms with Gasteiger partial charge in [-0.3, -0.25) is 0 Å². The van der Waals surface area contributed by atoms with Gasteiger partial charge >= 0.3 is 19.0 Å². The third kappa shape index (κ3) is 5.88. The van der Waals surface area contributed by atoms with Crippen LogP contribution in [-0.4, -0.2) is 19.0 Å². The third-order valence-corrected chi connectivity index (χ3v) is 2.28. The van der Waals surface area contributed by atoms with Crippen molar-refractivity contribution in [2.45, 2.75) is 38.8 Å². The van der Waals surface area contributed by atoms with Crippen LogP contribution in [0.5, 0.6) is 0 Å². The number of hydrogen-bond acceptors (Lipinski definition) is 0. The van der Waals surface area contributed by atoms with Crippen molar-refractivity contribution in [3.8, 4) is 0 Å². The van der Waals surface area contributed by atoms with Crippen molar-refractivity contribution >= 4 is 6.98 Å². The Morgan fingerprint density at radius 1 is 1.10 bits per heavy atom. The van der Waals surface area contributed by atoms with Crippen LogP contribution in [0.2, 0.25) is 0 Å². The maximum atomic E-state index is 11.2. The number of rotatable bonds is 3. The van der Waals surface area contributed by atoms with Crippen molar-refractivity contribution in [2.75, 3.05) is 0 Å². The molecule has 0 bridgehead atoms. The van der Waals surface area contributed by atoms with Crippen LogP contribution in [0.3, 0.4) is 0 Å². The number of aryl methyl sites for hydroxylation is 2. The van der Waals surface area contributed by atoms with Gasteiger partial charge in [0.15, 0.2) is 12.4 Å². The van der Waals surface area contributed by atoms with Crippen LogP contribution in [0.1, 0.15) is 18.9 Å². The third-order valence-electron chi connectivity index (χ3n) is 2.28. The Morgan fingerprint density at radius 2 is 1.62 bits per heavy atom. The Balaban J connectivity index is 0.000000382. The first kappa shape index (κ1) is 19.7. The summed E-state index contributed by atoms with van der Waals surface area (Å²) < 4.78 is 90.0. The number of halogens is 8. The second kappa shape index (κ2) is 7.08. The molecule has 122 valence electrons. The minimum Gasteiger partial charge on any atom is -0.445 e. The summed E-state index contributed by atoms with van der Waals surface area (Å²) in [6, 6.07) is 4.21. The molecule has 0 unspecified atom stereocenters. The quantitative estimate of drug-likeness (QED) is 0.444. The molecular formula is C11H14BF8N. The lowest BCUT2D eigenvalue weighted by molar-refractivity contribution is -0.697. The molecule has 1 rings (SSSR count). The van der Waals surface area contributed by atoms with E-state index in [4.69, 9.17) is 0 Å². The molecule has 0 amide bonds. The first-order chi connectivity index (χ1) is 9.33. The van der Waals surface area contributed by atoms with Gasteiger partial charge in [-0.2, -0.15) is 13.2 Å². The van der Waals surface area contributed by atoms with Gasteiger partial charge in [-0.05, 0) is 13.0 Å². The van der Waals surface area contributed by atoms with E-state index in [2.05, 4.69) is 42.9 Å². The van der Waals surface area contributed by atoms with Crippen molar-refractivity contribution in [1.82, 2.24) is 0 Å². The smallest absolute Gasteiger partial charge is 0.445 e. The Hall–Kier alpha value is -1.35. The van der Waals surface area contributed by atoms with Crippen molar-refractivity contribution < 1.29 is 39.5 Å². The van der Waals surface area contributed by atoms with Crippen LogP contribution in [0.25, 0.3) is 0 Å². The van der Waals surface area contributed by atoms with Crippen LogP contribution in [0.15, 0.2) is 24.5 Å². The van der Waals surface area contributed by atoms with E-state index in [0.717, 1.165) is 6.54 Å². The first-order valence-electron chi connectivity index (χ1n) is 5.92. The van der Waals surface area contributed by atoms with Gasteiger partial charge in [-0.15, -0.1) is 0 Å². The fourth-order valence-electron chi connectivity index (χ4n) is 1.24. The van der Waals surface area contributed by atoms with Gasteiger partial charge < -0.3 is 12.9 Å². The van der Waals surface area contributed by atoms with E-state index in [0.29, 0.717) is 0 Å². The normalized spacial score (nSPS) is 12.7. The molecule has 0 aliphatic carbocycles. The second-order valence-electron chi connectivity index (χ2n) is 4.31. The molecule has 0 fully saturated rings. The largest absolute Gasteiger partial charge is 0.558 e. The molecule has 0 N–H and O–H groups in total. The highest BCUT2D eigenvalue weighted by atomic mass is 19.4. The molecule has 1 aromatic rings. The van der Waals surface area contributed by atoms with Crippen molar-refractivity contribution in [3.05, 3.63) is 30.1 Å². The summed E-state index contributed by atoms with van der Waals surface area (Å²) in [6.07, 6.45) is -1.07. The molecule has 0 spiro atoms. The molecule has 21 heavy (non-hydrogen) atoms. The Bertz CT molecular complexity index is 425. The van der Waals surface area contributed by atoms with Crippen LogP contribution in [0.4, 0.5) is 34.9 Å². The topological polar surface area (TPSA) is 3.88 Å². The molecule has 0 saturated carbocycles. The second-order valence-corrected chi connectivity index (χ2v) is 4.31. The molecular weight excluding hydrogens is 309 g/mol. The van der Waals surface area contributed by atoms with Gasteiger partial charge in [0.05, 0.1) is 0 Å². The fraction of sp³-hybridized carbons (Fsp3) is 0.545. The highest BCUT2D eigenvalue weighted by Gasteiger charge is 2.69. The summed E-state index contributed by atoms with van der Waals surface area (Å²) in [5, 5.41) is 0. The van der Waals surface area contributed by atoms with E-state index in [1.54, 1.807) is 0 Å². The zero-order valence-corrected chi connectivity index (χ0v) is 11.3. The van der Waals surface area contributed by atoms with E-state index in [1.165, 1.54) is 12.0 Å². The van der Waals surface area contributed by atoms with Gasteiger partial charge in [0.2, 0.25) is 0 Å². The summed E-state index contributed by atoms with van der Waals surface area (Å²) >= 11 is 0. The van der Waals surface area contributed by atoms with Gasteiger partial charge in [0.1, 0.15) is 6.54 Å². The lowest BCUT2D eigenvalue weighted by Crippen LogP contribution is -2.53. The summed E-state index contributed by atoms with van der Waals surface area (Å²) in [5.41, 5.74) is 1.33. The summed E-state index contributed by atoms with van der Waals surface area (Å²) in [7, 11) is 0. The lowest BCUT2D eigenvalue weighted by atomic mass is 9.80. The summed E-state index contributed by atoms with van der Waals surface area (Å²) in [5.74, 6) is -6.56. The lowest BCUT2D eigenvalue weighted by Gasteiger charge is -2.28. The van der Waals surface area contributed by atoms with Crippen LogP contribution in [-0.2, 0) is 6.54 Å². The number of aromatic nitrogens is 1. The van der Waals surface area contributed by atoms with Crippen LogP contribution < -0.4 is 4.57 Å². The SMILES string of the molecule is CCC[n+]1cccc(C)c1.F[B-](F)(F)C(F)(F)C(F)(F)F. The zero-order valence-electron chi connectivity index (χ0n) is 11.3. The van der Waals surface area contributed by atoms with Crippen molar-refractivity contribution in [2.24, 2.45) is 0 Å². The highest BCUT2D eigenvalue weighted by Crippen LogP contribution is 2.43. The number of pyridine rings is 1. The summed E-state index contributed by atoms with van der Waals surface area (Å²) in [6.45, 7) is -1.77. The van der Waals surface area contributed by atoms with E-state index < -0.39 is 19.0 Å². The van der Waals surface area contributed by atoms with Gasteiger partial charge in [-0.1, -0.05) is 6.92 Å². The molecule has 1 nitrogen and oxygen atoms in total. The van der Waals surface area contributed by atoms with E-state index in [9.17, 15) is 34.9 Å². The average molecular weight is 323 g/mol. The molecule has 0 saturated heterocycles. The van der Waals surface area contributed by atoms with Gasteiger partial charge in [-0.25, -0.2) is 13.3 Å². The minimum absolute atomic E-state index is 1.13. The highest BCUT2D eigenvalue weighted by molar-refractivity contribution is 6.61. The van der Waals surface area contributed by atoms with E-state index in [-0.39, 0.29) is 0 Å². The van der Waals surface area contributed by atoms with Crippen LogP contribution >= 0.6 is 0 Å². The molecule has 0 aliphatic rings. The summed E-state index contributed by atoms with van der Waals surface area (Å²) in [4.78, 5) is 0. The van der Waals surface area contributed by atoms with E-state index in [1.807, 2.05) is 0 Å².